The van der Waals surface area contributed by atoms with Gasteiger partial charge in [0.15, 0.2) is 0 Å². The third-order valence-electron chi connectivity index (χ3n) is 5.14. The van der Waals surface area contributed by atoms with Crippen molar-refractivity contribution in [3.05, 3.63) is 53.6 Å². The van der Waals surface area contributed by atoms with Gasteiger partial charge in [0, 0.05) is 30.2 Å². The van der Waals surface area contributed by atoms with Gasteiger partial charge in [0.1, 0.15) is 23.4 Å². The molecule has 2 aromatic rings. The predicted molar refractivity (Wildman–Crippen MR) is 84.6 cm³/mol. The first-order valence-electron chi connectivity index (χ1n) is 8.09. The Bertz CT molecular complexity index is 758. The van der Waals surface area contributed by atoms with Gasteiger partial charge in [0.05, 0.1) is 0 Å². The molecular weight excluding hydrogens is 314 g/mol. The lowest BCUT2D eigenvalue weighted by Crippen LogP contribution is -2.38. The highest BCUT2D eigenvalue weighted by Crippen LogP contribution is 2.56. The minimum atomic E-state index is -2.69. The van der Waals surface area contributed by atoms with Crippen molar-refractivity contribution in [2.75, 3.05) is 0 Å². The normalized spacial score (nSPS) is 27.7. The molecule has 0 saturated heterocycles. The molecule has 0 bridgehead atoms. The number of phenols is 2. The number of hydrogen-bond donors (Lipinski definition) is 2. The van der Waals surface area contributed by atoms with Crippen LogP contribution in [0.2, 0.25) is 0 Å². The van der Waals surface area contributed by atoms with Crippen LogP contribution in [0, 0.1) is 5.92 Å². The zero-order valence-corrected chi connectivity index (χ0v) is 13.0. The van der Waals surface area contributed by atoms with Crippen molar-refractivity contribution in [3.63, 3.8) is 0 Å². The molecule has 1 unspecified atom stereocenters. The molecule has 3 atom stereocenters. The Morgan fingerprint density at radius 3 is 2.46 bits per heavy atom. The highest BCUT2D eigenvalue weighted by atomic mass is 19.3. The number of rotatable bonds is 1. The minimum absolute atomic E-state index is 0.0630. The van der Waals surface area contributed by atoms with Crippen LogP contribution in [-0.4, -0.2) is 16.1 Å². The molecule has 5 heteroatoms. The number of halogens is 2. The van der Waals surface area contributed by atoms with E-state index in [0.29, 0.717) is 17.7 Å². The van der Waals surface area contributed by atoms with Crippen LogP contribution in [0.4, 0.5) is 8.78 Å². The third kappa shape index (κ3) is 2.58. The van der Waals surface area contributed by atoms with Crippen LogP contribution in [0.15, 0.2) is 42.5 Å². The molecular formula is C19H18F2O3. The van der Waals surface area contributed by atoms with E-state index in [0.717, 1.165) is 5.56 Å². The molecule has 2 N–H and O–H groups in total. The molecule has 1 aliphatic heterocycles. The van der Waals surface area contributed by atoms with E-state index in [1.165, 1.54) is 6.07 Å². The minimum Gasteiger partial charge on any atom is -0.508 e. The van der Waals surface area contributed by atoms with Crippen molar-refractivity contribution < 1.29 is 23.7 Å². The molecule has 2 aliphatic rings. The van der Waals surface area contributed by atoms with Crippen LogP contribution in [0.3, 0.4) is 0 Å². The van der Waals surface area contributed by atoms with Gasteiger partial charge in [0.25, 0.3) is 0 Å². The SMILES string of the molecule is Oc1ccc([C@H]2Oc3ccc(O)cc3C3CC(F)(F)CC[C@H]32)cc1. The zero-order chi connectivity index (χ0) is 16.9. The number of aromatic hydroxyl groups is 2. The lowest BCUT2D eigenvalue weighted by Gasteiger charge is -2.44. The van der Waals surface area contributed by atoms with Gasteiger partial charge < -0.3 is 14.9 Å². The largest absolute Gasteiger partial charge is 0.508 e. The Labute approximate surface area is 138 Å². The molecule has 3 nitrogen and oxygen atoms in total. The van der Waals surface area contributed by atoms with Gasteiger partial charge in [-0.25, -0.2) is 8.78 Å². The van der Waals surface area contributed by atoms with E-state index >= 15 is 0 Å². The molecule has 0 aromatic heterocycles. The maximum absolute atomic E-state index is 14.0. The first-order chi connectivity index (χ1) is 11.4. The molecule has 1 heterocycles. The van der Waals surface area contributed by atoms with E-state index in [4.69, 9.17) is 4.74 Å². The quantitative estimate of drug-likeness (QED) is 0.792. The predicted octanol–water partition coefficient (Wildman–Crippen LogP) is 4.75. The molecule has 126 valence electrons. The maximum atomic E-state index is 14.0. The molecule has 1 aliphatic carbocycles. The number of phenolic OH excluding ortho intramolecular Hbond substituents is 2. The van der Waals surface area contributed by atoms with Crippen LogP contribution in [-0.2, 0) is 0 Å². The molecule has 0 spiro atoms. The monoisotopic (exact) mass is 332 g/mol. The first-order valence-corrected chi connectivity index (χ1v) is 8.09. The van der Waals surface area contributed by atoms with Crippen LogP contribution < -0.4 is 4.74 Å². The summed E-state index contributed by atoms with van der Waals surface area (Å²) in [7, 11) is 0. The lowest BCUT2D eigenvalue weighted by atomic mass is 9.68. The number of benzene rings is 2. The standard InChI is InChI=1S/C19H18F2O3/c20-19(21)8-7-14-16(10-19)15-9-13(23)5-6-17(15)24-18(14)11-1-3-12(22)4-2-11/h1-6,9,14,16,18,22-23H,7-8,10H2/t14-,16?,18-/m1/s1. The second-order valence-corrected chi connectivity index (χ2v) is 6.72. The summed E-state index contributed by atoms with van der Waals surface area (Å²) in [4.78, 5) is 0. The number of hydrogen-bond acceptors (Lipinski definition) is 3. The van der Waals surface area contributed by atoms with Gasteiger partial charge in [-0.1, -0.05) is 12.1 Å². The summed E-state index contributed by atoms with van der Waals surface area (Å²) in [6.07, 6.45) is -0.353. The Morgan fingerprint density at radius 1 is 1.00 bits per heavy atom. The summed E-state index contributed by atoms with van der Waals surface area (Å²) < 4.78 is 34.1. The van der Waals surface area contributed by atoms with Crippen LogP contribution in [0.5, 0.6) is 17.2 Å². The molecule has 0 amide bonds. The fourth-order valence-electron chi connectivity index (χ4n) is 3.99. The molecule has 1 fully saturated rings. The molecule has 2 aromatic carbocycles. The maximum Gasteiger partial charge on any atom is 0.248 e. The van der Waals surface area contributed by atoms with Crippen molar-refractivity contribution in [2.45, 2.75) is 37.2 Å². The van der Waals surface area contributed by atoms with E-state index in [1.807, 2.05) is 0 Å². The van der Waals surface area contributed by atoms with Crippen molar-refractivity contribution in [2.24, 2.45) is 5.92 Å². The Kier molecular flexibility index (Phi) is 3.41. The van der Waals surface area contributed by atoms with E-state index < -0.39 is 5.92 Å². The number of ether oxygens (including phenoxy) is 1. The molecule has 0 radical (unpaired) electrons. The van der Waals surface area contributed by atoms with Gasteiger partial charge in [-0.3, -0.25) is 0 Å². The average Bonchev–Trinajstić information content (AvgIpc) is 2.54. The second-order valence-electron chi connectivity index (χ2n) is 6.72. The summed E-state index contributed by atoms with van der Waals surface area (Å²) in [6, 6.07) is 11.4. The lowest BCUT2D eigenvalue weighted by molar-refractivity contribution is -0.0767. The second kappa shape index (κ2) is 5.36. The topological polar surface area (TPSA) is 49.7 Å². The number of alkyl halides is 2. The highest BCUT2D eigenvalue weighted by Gasteiger charge is 2.48. The Balaban J connectivity index is 1.78. The average molecular weight is 332 g/mol. The summed E-state index contributed by atoms with van der Waals surface area (Å²) >= 11 is 0. The summed E-state index contributed by atoms with van der Waals surface area (Å²) in [5, 5.41) is 19.2. The summed E-state index contributed by atoms with van der Waals surface area (Å²) in [5.74, 6) is -2.36. The van der Waals surface area contributed by atoms with Crippen molar-refractivity contribution in [3.8, 4) is 17.2 Å². The van der Waals surface area contributed by atoms with E-state index in [1.54, 1.807) is 36.4 Å². The molecule has 24 heavy (non-hydrogen) atoms. The van der Waals surface area contributed by atoms with Crippen molar-refractivity contribution in [1.29, 1.82) is 0 Å². The Morgan fingerprint density at radius 2 is 1.71 bits per heavy atom. The number of fused-ring (bicyclic) bond motifs is 3. The first kappa shape index (κ1) is 15.2. The van der Waals surface area contributed by atoms with E-state index in [9.17, 15) is 19.0 Å². The molecule has 1 saturated carbocycles. The fraction of sp³-hybridized carbons (Fsp3) is 0.368. The van der Waals surface area contributed by atoms with Gasteiger partial charge in [-0.05, 0) is 42.3 Å². The van der Waals surface area contributed by atoms with Crippen LogP contribution >= 0.6 is 0 Å². The van der Waals surface area contributed by atoms with Crippen molar-refractivity contribution >= 4 is 0 Å². The fourth-order valence-corrected chi connectivity index (χ4v) is 3.99. The summed E-state index contributed by atoms with van der Waals surface area (Å²) in [5.41, 5.74) is 1.53. The third-order valence-corrected chi connectivity index (χ3v) is 5.14. The van der Waals surface area contributed by atoms with Crippen molar-refractivity contribution in [1.82, 2.24) is 0 Å². The molecule has 4 rings (SSSR count). The van der Waals surface area contributed by atoms with Crippen LogP contribution in [0.25, 0.3) is 0 Å². The highest BCUT2D eigenvalue weighted by molar-refractivity contribution is 5.45. The van der Waals surface area contributed by atoms with Gasteiger partial charge >= 0.3 is 0 Å². The summed E-state index contributed by atoms with van der Waals surface area (Å²) in [6.45, 7) is 0. The van der Waals surface area contributed by atoms with E-state index in [2.05, 4.69) is 0 Å². The van der Waals surface area contributed by atoms with Gasteiger partial charge in [-0.15, -0.1) is 0 Å². The van der Waals surface area contributed by atoms with Gasteiger partial charge in [0.2, 0.25) is 5.92 Å². The zero-order valence-electron chi connectivity index (χ0n) is 13.0. The van der Waals surface area contributed by atoms with E-state index in [-0.39, 0.29) is 42.3 Å². The van der Waals surface area contributed by atoms with Crippen LogP contribution in [0.1, 0.15) is 42.4 Å². The Hall–Kier alpha value is -2.30. The van der Waals surface area contributed by atoms with Gasteiger partial charge in [-0.2, -0.15) is 0 Å². The smallest absolute Gasteiger partial charge is 0.248 e.